The van der Waals surface area contributed by atoms with Crippen LogP contribution >= 0.6 is 24.0 Å². The predicted octanol–water partition coefficient (Wildman–Crippen LogP) is 4.05. The van der Waals surface area contributed by atoms with Gasteiger partial charge in [0.05, 0.1) is 12.1 Å². The van der Waals surface area contributed by atoms with Crippen LogP contribution in [0.3, 0.4) is 0 Å². The number of hydrogen-bond donors (Lipinski definition) is 2. The number of nitrogens with one attached hydrogen (secondary N) is 2. The average Bonchev–Trinajstić information content (AvgIpc) is 3.03. The standard InChI is InChI=1S/C19H21N5OS2/c1-4-24-16(22-23-19(24)26)11-21-17(25)15-6-5-9-20-18(15)27-14-8-7-12(2)13(3)10-14/h5-10H,4,11H2,1-3H3,(H,21,25)(H,23,26). The zero-order valence-corrected chi connectivity index (χ0v) is 17.1. The zero-order chi connectivity index (χ0) is 19.4. The highest BCUT2D eigenvalue weighted by atomic mass is 32.2. The lowest BCUT2D eigenvalue weighted by atomic mass is 10.1. The number of aryl methyl sites for hydroxylation is 2. The second-order valence-electron chi connectivity index (χ2n) is 6.08. The maximum Gasteiger partial charge on any atom is 0.254 e. The summed E-state index contributed by atoms with van der Waals surface area (Å²) in [5.74, 6) is 0.508. The van der Waals surface area contributed by atoms with Crippen LogP contribution in [0.1, 0.15) is 34.2 Å². The number of H-pyrrole nitrogens is 1. The fraction of sp³-hybridized carbons (Fsp3) is 0.263. The first kappa shape index (κ1) is 19.3. The van der Waals surface area contributed by atoms with Crippen molar-refractivity contribution in [1.29, 1.82) is 0 Å². The Kier molecular flexibility index (Phi) is 6.08. The van der Waals surface area contributed by atoms with Crippen LogP contribution in [0.25, 0.3) is 0 Å². The van der Waals surface area contributed by atoms with Gasteiger partial charge in [-0.25, -0.2) is 4.98 Å². The van der Waals surface area contributed by atoms with Crippen molar-refractivity contribution in [2.24, 2.45) is 0 Å². The molecule has 6 nitrogen and oxygen atoms in total. The second kappa shape index (κ2) is 8.49. The van der Waals surface area contributed by atoms with E-state index in [1.807, 2.05) is 17.6 Å². The molecule has 0 saturated heterocycles. The molecule has 140 valence electrons. The van der Waals surface area contributed by atoms with Crippen LogP contribution in [0.5, 0.6) is 0 Å². The molecule has 8 heteroatoms. The summed E-state index contributed by atoms with van der Waals surface area (Å²) < 4.78 is 2.40. The molecule has 0 saturated carbocycles. The number of nitrogens with zero attached hydrogens (tertiary/aromatic N) is 3. The average molecular weight is 400 g/mol. The maximum atomic E-state index is 12.7. The van der Waals surface area contributed by atoms with Crippen molar-refractivity contribution < 1.29 is 4.79 Å². The van der Waals surface area contributed by atoms with Crippen LogP contribution in [0.2, 0.25) is 0 Å². The molecular formula is C19H21N5OS2. The third-order valence-corrected chi connectivity index (χ3v) is 5.59. The zero-order valence-electron chi connectivity index (χ0n) is 15.4. The first-order valence-corrected chi connectivity index (χ1v) is 9.84. The first-order chi connectivity index (χ1) is 13.0. The molecule has 0 atom stereocenters. The lowest BCUT2D eigenvalue weighted by Crippen LogP contribution is -2.25. The minimum atomic E-state index is -0.189. The van der Waals surface area contributed by atoms with Gasteiger partial charge in [-0.3, -0.25) is 9.89 Å². The molecular weight excluding hydrogens is 378 g/mol. The van der Waals surface area contributed by atoms with Gasteiger partial charge in [0.1, 0.15) is 5.03 Å². The van der Waals surface area contributed by atoms with Gasteiger partial charge in [-0.15, -0.1) is 0 Å². The van der Waals surface area contributed by atoms with Crippen molar-refractivity contribution in [3.05, 3.63) is 63.8 Å². The van der Waals surface area contributed by atoms with Crippen LogP contribution < -0.4 is 5.32 Å². The predicted molar refractivity (Wildman–Crippen MR) is 109 cm³/mol. The van der Waals surface area contributed by atoms with Crippen molar-refractivity contribution in [3.8, 4) is 0 Å². The van der Waals surface area contributed by atoms with E-state index in [1.165, 1.54) is 22.9 Å². The fourth-order valence-electron chi connectivity index (χ4n) is 2.60. The number of rotatable bonds is 6. The highest BCUT2D eigenvalue weighted by Gasteiger charge is 2.15. The molecule has 0 bridgehead atoms. The van der Waals surface area contributed by atoms with Crippen LogP contribution in [0.15, 0.2) is 46.5 Å². The SMILES string of the molecule is CCn1c(CNC(=O)c2cccnc2Sc2ccc(C)c(C)c2)n[nH]c1=S. The second-order valence-corrected chi connectivity index (χ2v) is 7.53. The molecule has 0 aliphatic rings. The number of pyridine rings is 1. The maximum absolute atomic E-state index is 12.7. The van der Waals surface area contributed by atoms with E-state index in [9.17, 15) is 4.79 Å². The quantitative estimate of drug-likeness (QED) is 0.612. The first-order valence-electron chi connectivity index (χ1n) is 8.62. The molecule has 0 aliphatic heterocycles. The molecule has 3 rings (SSSR count). The Morgan fingerprint density at radius 1 is 1.30 bits per heavy atom. The highest BCUT2D eigenvalue weighted by molar-refractivity contribution is 7.99. The number of carbonyl (C=O) groups is 1. The number of carbonyl (C=O) groups excluding carboxylic acids is 1. The Morgan fingerprint density at radius 3 is 2.85 bits per heavy atom. The molecule has 27 heavy (non-hydrogen) atoms. The summed E-state index contributed by atoms with van der Waals surface area (Å²) in [7, 11) is 0. The largest absolute Gasteiger partial charge is 0.345 e. The van der Waals surface area contributed by atoms with E-state index in [0.717, 1.165) is 4.90 Å². The van der Waals surface area contributed by atoms with Gasteiger partial charge in [0.2, 0.25) is 0 Å². The highest BCUT2D eigenvalue weighted by Crippen LogP contribution is 2.29. The number of aromatic nitrogens is 4. The smallest absolute Gasteiger partial charge is 0.254 e. The van der Waals surface area contributed by atoms with E-state index in [-0.39, 0.29) is 5.91 Å². The molecule has 0 fully saturated rings. The molecule has 2 N–H and O–H groups in total. The van der Waals surface area contributed by atoms with E-state index in [0.29, 0.717) is 34.3 Å². The Hall–Kier alpha value is -2.45. The van der Waals surface area contributed by atoms with Gasteiger partial charge in [-0.05, 0) is 68.4 Å². The molecule has 1 amide bonds. The monoisotopic (exact) mass is 399 g/mol. The number of amides is 1. The van der Waals surface area contributed by atoms with E-state index in [4.69, 9.17) is 12.2 Å². The molecule has 0 radical (unpaired) electrons. The van der Waals surface area contributed by atoms with E-state index in [1.54, 1.807) is 18.3 Å². The molecule has 0 unspecified atom stereocenters. The summed E-state index contributed by atoms with van der Waals surface area (Å²) in [5, 5.41) is 10.5. The summed E-state index contributed by atoms with van der Waals surface area (Å²) >= 11 is 6.66. The number of hydrogen-bond acceptors (Lipinski definition) is 5. The van der Waals surface area contributed by atoms with Crippen molar-refractivity contribution in [2.45, 2.75) is 43.8 Å². The Bertz CT molecular complexity index is 1020. The third kappa shape index (κ3) is 4.45. The molecule has 0 spiro atoms. The molecule has 1 aromatic carbocycles. The van der Waals surface area contributed by atoms with Crippen LogP contribution in [-0.4, -0.2) is 25.7 Å². The molecule has 0 aliphatic carbocycles. The Labute approximate surface area is 167 Å². The Balaban J connectivity index is 1.77. The summed E-state index contributed by atoms with van der Waals surface area (Å²) in [5.41, 5.74) is 2.99. The van der Waals surface area contributed by atoms with Crippen LogP contribution in [-0.2, 0) is 13.1 Å². The van der Waals surface area contributed by atoms with Crippen LogP contribution in [0.4, 0.5) is 0 Å². The third-order valence-electron chi connectivity index (χ3n) is 4.27. The summed E-state index contributed by atoms with van der Waals surface area (Å²) in [4.78, 5) is 18.2. The lowest BCUT2D eigenvalue weighted by Gasteiger charge is -2.10. The van der Waals surface area contributed by atoms with Gasteiger partial charge < -0.3 is 9.88 Å². The van der Waals surface area contributed by atoms with Crippen molar-refractivity contribution in [1.82, 2.24) is 25.1 Å². The van der Waals surface area contributed by atoms with Gasteiger partial charge in [0, 0.05) is 17.6 Å². The number of benzene rings is 1. The molecule has 3 aromatic rings. The van der Waals surface area contributed by atoms with Gasteiger partial charge in [0.15, 0.2) is 10.6 Å². The fourth-order valence-corrected chi connectivity index (χ4v) is 3.86. The van der Waals surface area contributed by atoms with Gasteiger partial charge >= 0.3 is 0 Å². The topological polar surface area (TPSA) is 75.6 Å². The van der Waals surface area contributed by atoms with Crippen LogP contribution in [0, 0.1) is 18.6 Å². The number of aromatic amines is 1. The summed E-state index contributed by atoms with van der Waals surface area (Å²) in [6.07, 6.45) is 1.70. The van der Waals surface area contributed by atoms with Crippen molar-refractivity contribution in [3.63, 3.8) is 0 Å². The summed E-state index contributed by atoms with van der Waals surface area (Å²) in [6.45, 7) is 7.13. The van der Waals surface area contributed by atoms with Gasteiger partial charge in [0.25, 0.3) is 5.91 Å². The van der Waals surface area contributed by atoms with Gasteiger partial charge in [-0.1, -0.05) is 17.8 Å². The molecule has 2 aromatic heterocycles. The Morgan fingerprint density at radius 2 is 2.11 bits per heavy atom. The lowest BCUT2D eigenvalue weighted by molar-refractivity contribution is 0.0946. The van der Waals surface area contributed by atoms with E-state index in [2.05, 4.69) is 46.5 Å². The van der Waals surface area contributed by atoms with E-state index < -0.39 is 0 Å². The molecule has 2 heterocycles. The summed E-state index contributed by atoms with van der Waals surface area (Å²) in [6, 6.07) is 9.77. The van der Waals surface area contributed by atoms with Crippen molar-refractivity contribution in [2.75, 3.05) is 0 Å². The normalized spacial score (nSPS) is 10.8. The minimum absolute atomic E-state index is 0.189. The van der Waals surface area contributed by atoms with E-state index >= 15 is 0 Å². The minimum Gasteiger partial charge on any atom is -0.345 e. The van der Waals surface area contributed by atoms with Crippen molar-refractivity contribution >= 4 is 29.9 Å². The van der Waals surface area contributed by atoms with Gasteiger partial charge in [-0.2, -0.15) is 5.10 Å².